The van der Waals surface area contributed by atoms with E-state index in [1.165, 1.54) is 33.2 Å². The first kappa shape index (κ1) is 38.8. The molecule has 5 rings (SSSR count). The van der Waals surface area contributed by atoms with Gasteiger partial charge in [0.25, 0.3) is 0 Å². The van der Waals surface area contributed by atoms with Crippen LogP contribution in [0.1, 0.15) is 45.1 Å². The number of likely N-dealkylation sites (N-methyl/N-ethyl adjacent to an activating group) is 1. The van der Waals surface area contributed by atoms with Crippen LogP contribution in [0.25, 0.3) is 0 Å². The summed E-state index contributed by atoms with van der Waals surface area (Å²) in [6.45, 7) is 3.68. The molecule has 1 spiro atoms. The molecule has 4 aliphatic rings. The molecule has 0 radical (unpaired) electrons. The average molecular weight is 752 g/mol. The van der Waals surface area contributed by atoms with E-state index in [2.05, 4.69) is 17.9 Å². The summed E-state index contributed by atoms with van der Waals surface area (Å²) in [5.74, 6) is -1.45. The molecule has 4 bridgehead atoms. The van der Waals surface area contributed by atoms with Gasteiger partial charge in [-0.1, -0.05) is 42.3 Å². The number of allylic oxidation sites excluding steroid dienone is 3. The number of fused-ring (bicyclic) bond motifs is 5. The third-order valence-corrected chi connectivity index (χ3v) is 11.0. The predicted molar refractivity (Wildman–Crippen MR) is 189 cm³/mol. The van der Waals surface area contributed by atoms with Crippen molar-refractivity contribution in [3.63, 3.8) is 0 Å². The highest BCUT2D eigenvalue weighted by Crippen LogP contribution is 2.71. The lowest BCUT2D eigenvalue weighted by atomic mass is 9.86. The number of halogens is 1. The van der Waals surface area contributed by atoms with E-state index in [1.54, 1.807) is 31.2 Å². The number of ether oxygens (including phenoxy) is 5. The number of epoxide rings is 1. The number of aliphatic hydroxyl groups is 1. The summed E-state index contributed by atoms with van der Waals surface area (Å²) < 4.78 is 28.9. The lowest BCUT2D eigenvalue weighted by Crippen LogP contribution is -2.64. The number of nitrogens with one attached hydrogen (secondary N) is 1. The fourth-order valence-electron chi connectivity index (χ4n) is 7.19. The molecule has 1 aliphatic carbocycles. The van der Waals surface area contributed by atoms with Crippen molar-refractivity contribution >= 4 is 53.8 Å². The molecule has 8 atom stereocenters. The Morgan fingerprint density at radius 2 is 1.98 bits per heavy atom. The summed E-state index contributed by atoms with van der Waals surface area (Å²) in [7, 11) is 5.74. The van der Waals surface area contributed by atoms with Gasteiger partial charge in [0.2, 0.25) is 11.8 Å². The third kappa shape index (κ3) is 7.19. The molecule has 1 aromatic rings. The maximum Gasteiger partial charge on any atom is 0.410 e. The summed E-state index contributed by atoms with van der Waals surface area (Å²) >= 11 is 10.8. The Kier molecular flexibility index (Phi) is 10.8. The summed E-state index contributed by atoms with van der Waals surface area (Å²) in [6.07, 6.45) is -0.412. The Balaban J connectivity index is 1.57. The van der Waals surface area contributed by atoms with Crippen molar-refractivity contribution in [1.29, 1.82) is 0 Å². The molecule has 0 unspecified atom stereocenters. The molecule has 280 valence electrons. The minimum absolute atomic E-state index is 0.0258. The van der Waals surface area contributed by atoms with Crippen molar-refractivity contribution in [1.82, 2.24) is 10.2 Å². The predicted octanol–water partition coefficient (Wildman–Crippen LogP) is 1.77. The maximum atomic E-state index is 14.0. The van der Waals surface area contributed by atoms with Crippen LogP contribution in [0.3, 0.4) is 0 Å². The van der Waals surface area contributed by atoms with E-state index in [1.807, 2.05) is 13.0 Å². The van der Waals surface area contributed by atoms with Gasteiger partial charge in [-0.25, -0.2) is 9.59 Å². The van der Waals surface area contributed by atoms with E-state index in [0.29, 0.717) is 17.9 Å². The van der Waals surface area contributed by atoms with Crippen molar-refractivity contribution in [2.45, 2.75) is 87.5 Å². The van der Waals surface area contributed by atoms with Crippen LogP contribution < -0.4 is 26.4 Å². The van der Waals surface area contributed by atoms with E-state index >= 15 is 0 Å². The number of anilines is 1. The highest BCUT2D eigenvalue weighted by atomic mass is 35.5. The number of hydrogen-bond donors (Lipinski definition) is 5. The summed E-state index contributed by atoms with van der Waals surface area (Å²) in [6, 6.07) is 3.50. The van der Waals surface area contributed by atoms with Gasteiger partial charge in [0.1, 0.15) is 28.6 Å². The molecule has 3 heterocycles. The fourth-order valence-corrected chi connectivity index (χ4v) is 7.70. The standard InChI is InChI=1S/C34H46ClN5O10S/c1-18-8-7-9-22(47-6)33(45)17-32(50-30(44)38-33)16-31(32,2)29-34(37,49-29)23(48-28(43)27(36)40(4)24(41)10-11-51)15-25(42)39(3)20-13-19(12-18)14-21(46-5)26(20)35/h7-9,13-14,22-23,27,29,45,51H,10-12,15-17,36-37H2,1-6H3,(H,38,44)/b9-7+,18-8+/t22-,23+,27-,29+,31-,32+,33+,34+/m1/s1. The fraction of sp³-hybridized carbons (Fsp3) is 0.588. The molecule has 15 nitrogen and oxygen atoms in total. The van der Waals surface area contributed by atoms with Gasteiger partial charge >= 0.3 is 12.1 Å². The zero-order chi connectivity index (χ0) is 37.7. The number of nitrogens with zero attached hydrogens (tertiary/aromatic N) is 2. The first-order chi connectivity index (χ1) is 23.9. The summed E-state index contributed by atoms with van der Waals surface area (Å²) in [4.78, 5) is 55.3. The van der Waals surface area contributed by atoms with E-state index < -0.39 is 77.2 Å². The molecule has 17 heteroatoms. The summed E-state index contributed by atoms with van der Waals surface area (Å²) in [5.41, 5.74) is 9.10. The smallest absolute Gasteiger partial charge is 0.410 e. The van der Waals surface area contributed by atoms with Crippen LogP contribution in [0.5, 0.6) is 5.75 Å². The second kappa shape index (κ2) is 14.2. The van der Waals surface area contributed by atoms with Gasteiger partial charge in [0, 0.05) is 39.5 Å². The zero-order valence-electron chi connectivity index (χ0n) is 29.4. The minimum atomic E-state index is -1.88. The molecule has 1 aromatic carbocycles. The normalized spacial score (nSPS) is 35.5. The number of carbonyl (C=O) groups is 4. The monoisotopic (exact) mass is 751 g/mol. The Hall–Kier alpha value is -3.38. The van der Waals surface area contributed by atoms with Crippen molar-refractivity contribution < 1.29 is 48.0 Å². The van der Waals surface area contributed by atoms with E-state index in [9.17, 15) is 24.3 Å². The lowest BCUT2D eigenvalue weighted by molar-refractivity contribution is -0.162. The Morgan fingerprint density at radius 1 is 1.27 bits per heavy atom. The number of hydrogen-bond acceptors (Lipinski definition) is 13. The maximum absolute atomic E-state index is 14.0. The quantitative estimate of drug-likeness (QED) is 0.117. The van der Waals surface area contributed by atoms with Gasteiger partial charge in [0.15, 0.2) is 23.7 Å². The van der Waals surface area contributed by atoms with Crippen LogP contribution in [-0.2, 0) is 39.8 Å². The topological polar surface area (TPSA) is 209 Å². The number of benzene rings is 1. The van der Waals surface area contributed by atoms with Gasteiger partial charge in [0.05, 0.1) is 19.2 Å². The van der Waals surface area contributed by atoms with E-state index in [4.69, 9.17) is 46.8 Å². The number of alkyl carbamates (subject to hydrolysis) is 1. The van der Waals surface area contributed by atoms with Gasteiger partial charge in [-0.15, -0.1) is 0 Å². The molecule has 51 heavy (non-hydrogen) atoms. The van der Waals surface area contributed by atoms with Crippen LogP contribution in [-0.4, -0.2) is 109 Å². The van der Waals surface area contributed by atoms with Crippen LogP contribution >= 0.6 is 24.2 Å². The molecular weight excluding hydrogens is 706 g/mol. The number of thiol groups is 1. The third-order valence-electron chi connectivity index (χ3n) is 10.4. The van der Waals surface area contributed by atoms with Crippen LogP contribution in [0.2, 0.25) is 5.02 Å². The SMILES string of the molecule is COc1cc2cc(c1Cl)N(C)C(=O)C[C@H](OC(=O)[C@H](N)N(C)C(=O)CCS)[C@]1(N)O[C@H]1[C@@]1(C)C[C@]13C[C@@](O)(NC(=O)O3)[C@H](OC)/C=C/C=C(\C)C2. The Labute approximate surface area is 306 Å². The van der Waals surface area contributed by atoms with Crippen LogP contribution in [0, 0.1) is 5.41 Å². The molecule has 1 saturated carbocycles. The van der Waals surface area contributed by atoms with Crippen LogP contribution in [0.4, 0.5) is 10.5 Å². The highest BCUT2D eigenvalue weighted by molar-refractivity contribution is 7.80. The number of methoxy groups -OCH3 is 2. The number of amides is 3. The first-order valence-corrected chi connectivity index (χ1v) is 17.4. The van der Waals surface area contributed by atoms with E-state index in [-0.39, 0.29) is 30.0 Å². The number of carbonyl (C=O) groups excluding carboxylic acids is 4. The van der Waals surface area contributed by atoms with Crippen molar-refractivity contribution in [2.24, 2.45) is 16.9 Å². The number of nitrogens with two attached hydrogens (primary N) is 2. The Bertz CT molecular complexity index is 1660. The molecule has 3 amide bonds. The van der Waals surface area contributed by atoms with Crippen LogP contribution in [0.15, 0.2) is 35.9 Å². The molecule has 3 aliphatic heterocycles. The van der Waals surface area contributed by atoms with Crippen molar-refractivity contribution in [3.8, 4) is 5.75 Å². The molecule has 0 aromatic heterocycles. The largest absolute Gasteiger partial charge is 0.495 e. The van der Waals surface area contributed by atoms with Crippen molar-refractivity contribution in [2.75, 3.05) is 39.0 Å². The zero-order valence-corrected chi connectivity index (χ0v) is 31.1. The number of esters is 1. The van der Waals surface area contributed by atoms with Gasteiger partial charge in [-0.2, -0.15) is 12.6 Å². The minimum Gasteiger partial charge on any atom is -0.495 e. The molecule has 2 saturated heterocycles. The highest BCUT2D eigenvalue weighted by Gasteiger charge is 2.84. The Morgan fingerprint density at radius 3 is 2.63 bits per heavy atom. The van der Waals surface area contributed by atoms with Gasteiger partial charge in [-0.3, -0.25) is 20.6 Å². The average Bonchev–Trinajstić information content (AvgIpc) is 3.93. The molecule has 3 fully saturated rings. The van der Waals surface area contributed by atoms with E-state index in [0.717, 1.165) is 16.0 Å². The number of rotatable bonds is 7. The molecule has 6 N–H and O–H groups in total. The molecular formula is C34H46ClN5O10S. The second-order valence-corrected chi connectivity index (χ2v) is 14.7. The van der Waals surface area contributed by atoms with Gasteiger partial charge < -0.3 is 44.3 Å². The second-order valence-electron chi connectivity index (χ2n) is 13.9. The van der Waals surface area contributed by atoms with Gasteiger partial charge in [-0.05, 0) is 43.2 Å². The summed E-state index contributed by atoms with van der Waals surface area (Å²) in [5, 5.41) is 14.5. The first-order valence-electron chi connectivity index (χ1n) is 16.4. The lowest BCUT2D eigenvalue weighted by Gasteiger charge is -2.42. The van der Waals surface area contributed by atoms with Crippen molar-refractivity contribution in [3.05, 3.63) is 46.5 Å².